The zero-order chi connectivity index (χ0) is 27.5. The van der Waals surface area contributed by atoms with Crippen LogP contribution in [0.25, 0.3) is 0 Å². The number of hydrogen-bond acceptors (Lipinski definition) is 12. The summed E-state index contributed by atoms with van der Waals surface area (Å²) in [6.45, 7) is -0.170. The van der Waals surface area contributed by atoms with Crippen molar-refractivity contribution in [1.82, 2.24) is 19.6 Å². The molecule has 200 valence electrons. The van der Waals surface area contributed by atoms with Gasteiger partial charge in [0.2, 0.25) is 11.5 Å². The smallest absolute Gasteiger partial charge is 0.352 e. The molecule has 2 aliphatic heterocycles. The molecule has 0 spiro atoms. The Morgan fingerprint density at radius 2 is 2.11 bits per heavy atom. The highest BCUT2D eigenvalue weighted by Crippen LogP contribution is 2.40. The van der Waals surface area contributed by atoms with Crippen molar-refractivity contribution in [2.45, 2.75) is 17.5 Å². The minimum Gasteiger partial charge on any atom is -0.477 e. The molecular formula is C20H27N8O7S2+. The highest BCUT2D eigenvalue weighted by atomic mass is 32.2. The van der Waals surface area contributed by atoms with Crippen LogP contribution < -0.4 is 16.8 Å². The number of likely N-dealkylation sites (N-methyl/N-ethyl adjacent to an activating group) is 1. The van der Waals surface area contributed by atoms with E-state index in [-0.39, 0.29) is 39.1 Å². The topological polar surface area (TPSA) is 223 Å². The van der Waals surface area contributed by atoms with Gasteiger partial charge in [0.25, 0.3) is 17.7 Å². The standard InChI is InChI=1S/C20H26N8O7S2/c1-28(2,10(7-29)14(21)30)6-4-5-9-8-36-18-12(17(32)27(18)13(9)19(33)34)23-16(31)11(25-35-3)15-24-20(22)37-26-15/h4-5,10,12,18,29H,6-8H2,1-3H3,(H5-,21,22,23,24,26,30,31,33,34)/p+1/b5-4+,25-11-/t10-,12-,18-/m1/s1. The third-order valence-corrected chi connectivity index (χ3v) is 7.62. The van der Waals surface area contributed by atoms with E-state index >= 15 is 0 Å². The van der Waals surface area contributed by atoms with Crippen molar-refractivity contribution < 1.29 is 38.7 Å². The fraction of sp³-hybridized carbons (Fsp3) is 0.450. The number of carboxylic acids is 1. The number of nitrogens with zero attached hydrogens (tertiary/aromatic N) is 5. The van der Waals surface area contributed by atoms with Crippen molar-refractivity contribution in [1.29, 1.82) is 0 Å². The third kappa shape index (κ3) is 5.74. The molecule has 3 amide bonds. The largest absolute Gasteiger partial charge is 0.477 e. The molecule has 15 nitrogen and oxygen atoms in total. The Morgan fingerprint density at radius 3 is 2.65 bits per heavy atom. The zero-order valence-corrected chi connectivity index (χ0v) is 21.8. The Morgan fingerprint density at radius 1 is 1.41 bits per heavy atom. The van der Waals surface area contributed by atoms with Gasteiger partial charge in [0.1, 0.15) is 30.8 Å². The van der Waals surface area contributed by atoms with Gasteiger partial charge in [-0.25, -0.2) is 4.79 Å². The minimum absolute atomic E-state index is 0.0510. The van der Waals surface area contributed by atoms with Gasteiger partial charge < -0.3 is 36.3 Å². The van der Waals surface area contributed by atoms with Crippen LogP contribution in [0.2, 0.25) is 0 Å². The highest BCUT2D eigenvalue weighted by Gasteiger charge is 2.54. The maximum atomic E-state index is 12.9. The first-order chi connectivity index (χ1) is 17.4. The highest BCUT2D eigenvalue weighted by molar-refractivity contribution is 8.00. The van der Waals surface area contributed by atoms with Crippen LogP contribution in [-0.4, -0.2) is 116 Å². The molecule has 1 saturated heterocycles. The number of β-lactam (4-membered cyclic amide) rings is 1. The summed E-state index contributed by atoms with van der Waals surface area (Å²) < 4.78 is 3.97. The summed E-state index contributed by atoms with van der Waals surface area (Å²) in [6.07, 6.45) is 3.23. The number of allylic oxidation sites excluding steroid dienone is 1. The summed E-state index contributed by atoms with van der Waals surface area (Å²) in [5.74, 6) is -3.17. The van der Waals surface area contributed by atoms with Crippen LogP contribution in [0.15, 0.2) is 28.6 Å². The number of aliphatic carboxylic acids is 1. The van der Waals surface area contributed by atoms with E-state index in [9.17, 15) is 29.4 Å². The number of nitrogen functional groups attached to an aromatic ring is 1. The number of rotatable bonds is 11. The molecule has 3 heterocycles. The molecule has 17 heteroatoms. The van der Waals surface area contributed by atoms with E-state index in [2.05, 4.69) is 19.8 Å². The number of quaternary nitrogens is 1. The number of hydrogen-bond donors (Lipinski definition) is 5. The molecule has 0 saturated carbocycles. The predicted molar refractivity (Wildman–Crippen MR) is 134 cm³/mol. The second-order valence-electron chi connectivity index (χ2n) is 8.58. The molecule has 37 heavy (non-hydrogen) atoms. The quantitative estimate of drug-likeness (QED) is 0.0844. The molecule has 3 atom stereocenters. The van der Waals surface area contributed by atoms with Gasteiger partial charge in [-0.3, -0.25) is 19.3 Å². The Bertz CT molecular complexity index is 1200. The molecule has 1 fully saturated rings. The summed E-state index contributed by atoms with van der Waals surface area (Å²) in [5.41, 5.74) is 10.8. The monoisotopic (exact) mass is 555 g/mol. The lowest BCUT2D eigenvalue weighted by Crippen LogP contribution is -2.71. The van der Waals surface area contributed by atoms with E-state index < -0.39 is 47.8 Å². The number of aliphatic hydroxyl groups excluding tert-OH is 1. The molecular weight excluding hydrogens is 528 g/mol. The van der Waals surface area contributed by atoms with Crippen LogP contribution in [0, 0.1) is 0 Å². The number of nitrogens with two attached hydrogens (primary N) is 2. The van der Waals surface area contributed by atoms with E-state index in [0.29, 0.717) is 5.57 Å². The van der Waals surface area contributed by atoms with Gasteiger partial charge in [-0.1, -0.05) is 11.2 Å². The maximum absolute atomic E-state index is 12.9. The number of carbonyl (C=O) groups excluding carboxylic acids is 3. The second-order valence-corrected chi connectivity index (χ2v) is 10.5. The van der Waals surface area contributed by atoms with Gasteiger partial charge in [0.05, 0.1) is 20.6 Å². The molecule has 0 bridgehead atoms. The van der Waals surface area contributed by atoms with E-state index in [0.717, 1.165) is 16.4 Å². The summed E-state index contributed by atoms with van der Waals surface area (Å²) in [7, 11) is 4.64. The second kappa shape index (κ2) is 11.2. The number of anilines is 1. The number of primary amides is 1. The number of carbonyl (C=O) groups is 4. The van der Waals surface area contributed by atoms with Crippen LogP contribution in [0.1, 0.15) is 5.82 Å². The Labute approximate surface area is 219 Å². The first-order valence-electron chi connectivity index (χ1n) is 10.7. The number of carboxylic acid groups (broad SMARTS) is 1. The first kappa shape index (κ1) is 28.0. The Hall–Kier alpha value is -3.54. The van der Waals surface area contributed by atoms with Crippen LogP contribution in [0.4, 0.5) is 5.13 Å². The lowest BCUT2D eigenvalue weighted by molar-refractivity contribution is -0.900. The summed E-state index contributed by atoms with van der Waals surface area (Å²) >= 11 is 2.13. The zero-order valence-electron chi connectivity index (χ0n) is 20.2. The normalized spacial score (nSPS) is 20.9. The van der Waals surface area contributed by atoms with E-state index in [1.54, 1.807) is 26.2 Å². The van der Waals surface area contributed by atoms with Gasteiger partial charge in [0.15, 0.2) is 11.2 Å². The number of thioether (sulfide) groups is 1. The number of aromatic nitrogens is 2. The van der Waals surface area contributed by atoms with Crippen molar-refractivity contribution in [3.8, 4) is 0 Å². The Kier molecular flexibility index (Phi) is 8.52. The molecule has 1 aromatic rings. The van der Waals surface area contributed by atoms with Crippen LogP contribution >= 0.6 is 23.3 Å². The van der Waals surface area contributed by atoms with E-state index in [1.807, 2.05) is 0 Å². The summed E-state index contributed by atoms with van der Waals surface area (Å²) in [5, 5.41) is 24.9. The van der Waals surface area contributed by atoms with Crippen molar-refractivity contribution >= 4 is 57.8 Å². The van der Waals surface area contributed by atoms with Gasteiger partial charge in [-0.05, 0) is 11.6 Å². The minimum atomic E-state index is -1.30. The van der Waals surface area contributed by atoms with Gasteiger partial charge in [-0.2, -0.15) is 9.36 Å². The van der Waals surface area contributed by atoms with Crippen LogP contribution in [-0.2, 0) is 24.0 Å². The lowest BCUT2D eigenvalue weighted by Gasteiger charge is -2.49. The third-order valence-electron chi connectivity index (χ3n) is 5.78. The van der Waals surface area contributed by atoms with Gasteiger partial charge in [-0.15, -0.1) is 11.8 Å². The molecule has 0 unspecified atom stereocenters. The summed E-state index contributed by atoms with van der Waals surface area (Å²) in [6, 6.07) is -1.85. The molecule has 1 aromatic heterocycles. The predicted octanol–water partition coefficient (Wildman–Crippen LogP) is -2.31. The van der Waals surface area contributed by atoms with Crippen molar-refractivity contribution in [2.24, 2.45) is 10.9 Å². The molecule has 2 aliphatic rings. The van der Waals surface area contributed by atoms with E-state index in [1.165, 1.54) is 18.9 Å². The van der Waals surface area contributed by atoms with Gasteiger partial charge in [0, 0.05) is 17.3 Å². The number of aliphatic hydroxyl groups is 1. The van der Waals surface area contributed by atoms with Gasteiger partial charge >= 0.3 is 5.97 Å². The molecule has 0 aromatic carbocycles. The first-order valence-corrected chi connectivity index (χ1v) is 12.6. The van der Waals surface area contributed by atoms with E-state index in [4.69, 9.17) is 16.3 Å². The average molecular weight is 556 g/mol. The van der Waals surface area contributed by atoms with Crippen molar-refractivity contribution in [2.75, 3.05) is 45.8 Å². The Balaban J connectivity index is 1.76. The molecule has 0 radical (unpaired) electrons. The maximum Gasteiger partial charge on any atom is 0.352 e. The SMILES string of the molecule is CO/N=C(\C(=O)N[C@@H]1C(=O)N2C(C(=O)O)=C(/C=C/C[N+](C)(C)[C@H](CO)C(N)=O)CS[C@H]12)c1nsc(N)n1. The average Bonchev–Trinajstić information content (AvgIpc) is 3.25. The number of nitrogens with one attached hydrogen (secondary N) is 1. The lowest BCUT2D eigenvalue weighted by atomic mass is 10.0. The van der Waals surface area contributed by atoms with Crippen LogP contribution in [0.3, 0.4) is 0 Å². The molecule has 0 aliphatic carbocycles. The van der Waals surface area contributed by atoms with Crippen molar-refractivity contribution in [3.63, 3.8) is 0 Å². The number of oxime groups is 1. The van der Waals surface area contributed by atoms with Crippen molar-refractivity contribution in [3.05, 3.63) is 29.2 Å². The fourth-order valence-electron chi connectivity index (χ4n) is 3.84. The number of fused-ring (bicyclic) bond motifs is 1. The fourth-order valence-corrected chi connectivity index (χ4v) is 5.59. The molecule has 3 rings (SSSR count). The summed E-state index contributed by atoms with van der Waals surface area (Å²) in [4.78, 5) is 59.1. The molecule has 7 N–H and O–H groups in total. The number of amides is 3. The van der Waals surface area contributed by atoms with Crippen LogP contribution in [0.5, 0.6) is 0 Å².